The molecule has 27 heavy (non-hydrogen) atoms. The molecule has 5 rings (SSSR count). The summed E-state index contributed by atoms with van der Waals surface area (Å²) in [5, 5.41) is 6.17. The Bertz CT molecular complexity index is 940. The largest absolute Gasteiger partial charge is 2.00 e. The van der Waals surface area contributed by atoms with Crippen LogP contribution in [0, 0.1) is 0 Å². The molecule has 1 aliphatic heterocycles. The molecule has 0 spiro atoms. The first kappa shape index (κ1) is 18.8. The number of nitrogens with zero attached hydrogens (tertiary/aromatic N) is 4. The van der Waals surface area contributed by atoms with Crippen molar-refractivity contribution in [3.63, 3.8) is 0 Å². The fourth-order valence-corrected chi connectivity index (χ4v) is 5.19. The molecule has 0 N–H and O–H groups in total. The minimum absolute atomic E-state index is 0. The summed E-state index contributed by atoms with van der Waals surface area (Å²) in [5.74, 6) is 0. The number of hydrogen-bond donors (Lipinski definition) is 0. The molecule has 0 atom stereocenters. The van der Waals surface area contributed by atoms with Crippen molar-refractivity contribution in [2.75, 3.05) is 0 Å². The van der Waals surface area contributed by atoms with Gasteiger partial charge in [-0.3, -0.25) is 0 Å². The van der Waals surface area contributed by atoms with Crippen LogP contribution in [0.15, 0.2) is 35.0 Å². The Labute approximate surface area is 180 Å². The van der Waals surface area contributed by atoms with Crippen molar-refractivity contribution in [2.24, 2.45) is 0 Å². The van der Waals surface area contributed by atoms with E-state index in [1.54, 1.807) is 22.7 Å². The van der Waals surface area contributed by atoms with E-state index in [9.17, 15) is 0 Å². The van der Waals surface area contributed by atoms with Gasteiger partial charge in [-0.2, -0.15) is 0 Å². The molecule has 8 bridgehead atoms. The summed E-state index contributed by atoms with van der Waals surface area (Å²) in [6.07, 6.45) is 0. The van der Waals surface area contributed by atoms with Crippen LogP contribution in [-0.4, -0.2) is 9.97 Å². The molecule has 140 valence electrons. The molecule has 0 saturated heterocycles. The first-order valence-corrected chi connectivity index (χ1v) is 10.3. The van der Waals surface area contributed by atoms with Gasteiger partial charge in [-0.25, -0.2) is 9.97 Å². The smallest absolute Gasteiger partial charge is 0.658 e. The summed E-state index contributed by atoms with van der Waals surface area (Å²) in [5.41, 5.74) is 5.46. The Morgan fingerprint density at radius 1 is 0.704 bits per heavy atom. The van der Waals surface area contributed by atoms with E-state index in [1.807, 2.05) is 0 Å². The molecule has 4 aromatic rings. The number of aromatic nitrogens is 4. The molecule has 0 aliphatic carbocycles. The maximum atomic E-state index is 4.90. The van der Waals surface area contributed by atoms with Crippen LogP contribution < -0.4 is 9.97 Å². The first-order valence-electron chi connectivity index (χ1n) is 8.57. The van der Waals surface area contributed by atoms with Crippen LogP contribution in [0.3, 0.4) is 0 Å². The van der Waals surface area contributed by atoms with Crippen LogP contribution >= 0.6 is 22.7 Å². The fraction of sp³-hybridized carbons (Fsp3) is 0.300. The molecular weight excluding hydrogens is 467 g/mol. The molecule has 7 heteroatoms. The first-order chi connectivity index (χ1) is 12.4. The van der Waals surface area contributed by atoms with Gasteiger partial charge in [0.25, 0.3) is 0 Å². The normalized spacial score (nSPS) is 16.4. The van der Waals surface area contributed by atoms with E-state index >= 15 is 0 Å². The van der Waals surface area contributed by atoms with Crippen molar-refractivity contribution in [2.45, 2.75) is 38.5 Å². The van der Waals surface area contributed by atoms with Crippen LogP contribution in [0.2, 0.25) is 0 Å². The molecule has 0 unspecified atom stereocenters. The maximum Gasteiger partial charge on any atom is 2.00 e. The zero-order chi connectivity index (χ0) is 18.1. The van der Waals surface area contributed by atoms with Crippen molar-refractivity contribution < 1.29 is 20.4 Å². The SMILES string of the molecule is CC1(C)c2csc(n2)-c2ccc([n-]2)C(C)(C)c2csc(n2)-c2ccc1[n-]2.[Pd+2]. The molecule has 0 saturated carbocycles. The van der Waals surface area contributed by atoms with Gasteiger partial charge >= 0.3 is 20.4 Å². The molecule has 5 heterocycles. The van der Waals surface area contributed by atoms with Crippen LogP contribution in [0.25, 0.3) is 21.4 Å². The molecule has 0 radical (unpaired) electrons. The van der Waals surface area contributed by atoms with E-state index in [2.05, 4.69) is 62.7 Å². The van der Waals surface area contributed by atoms with Gasteiger partial charge in [0, 0.05) is 21.6 Å². The average Bonchev–Trinajstić information content (AvgIpc) is 3.41. The van der Waals surface area contributed by atoms with Gasteiger partial charge in [-0.1, -0.05) is 63.3 Å². The summed E-state index contributed by atoms with van der Waals surface area (Å²) in [4.78, 5) is 19.6. The van der Waals surface area contributed by atoms with Crippen LogP contribution in [0.4, 0.5) is 0 Å². The van der Waals surface area contributed by atoms with Gasteiger partial charge < -0.3 is 9.97 Å². The Hall–Kier alpha value is -1.52. The van der Waals surface area contributed by atoms with Crippen LogP contribution in [0.5, 0.6) is 0 Å². The monoisotopic (exact) mass is 484 g/mol. The summed E-state index contributed by atoms with van der Waals surface area (Å²) < 4.78 is 0. The summed E-state index contributed by atoms with van der Waals surface area (Å²) in [6.45, 7) is 8.68. The Balaban J connectivity index is 0.00000180. The number of hydrogen-bond acceptors (Lipinski definition) is 4. The second-order valence-corrected chi connectivity index (χ2v) is 9.47. The van der Waals surface area contributed by atoms with Gasteiger partial charge in [0.1, 0.15) is 10.0 Å². The Kier molecular flexibility index (Phi) is 4.36. The Morgan fingerprint density at radius 2 is 1.11 bits per heavy atom. The van der Waals surface area contributed by atoms with Crippen LogP contribution in [0.1, 0.15) is 50.5 Å². The third-order valence-electron chi connectivity index (χ3n) is 5.29. The standard InChI is InChI=1S/C20H18N4S2.Pd/c1-19(2)13-7-5-11(21-13)18-24-16(10-26-18)20(3,4)14-8-6-12(22-14)17-23-15(19)9-25-17;/h5-10H,1-4H3;/q-2;+2. The second-order valence-electron chi connectivity index (χ2n) is 7.76. The van der Waals surface area contributed by atoms with Gasteiger partial charge in [0.2, 0.25) is 0 Å². The minimum Gasteiger partial charge on any atom is -0.658 e. The number of rotatable bonds is 0. The number of thiazole rings is 2. The maximum absolute atomic E-state index is 4.90. The third-order valence-corrected chi connectivity index (χ3v) is 7.02. The molecule has 4 aromatic heterocycles. The summed E-state index contributed by atoms with van der Waals surface area (Å²) >= 11 is 3.29. The summed E-state index contributed by atoms with van der Waals surface area (Å²) in [6, 6.07) is 8.33. The molecule has 0 aromatic carbocycles. The predicted octanol–water partition coefficient (Wildman–Crippen LogP) is 4.81. The van der Waals surface area contributed by atoms with Crippen molar-refractivity contribution in [1.29, 1.82) is 0 Å². The number of fused-ring (bicyclic) bond motifs is 10. The van der Waals surface area contributed by atoms with Gasteiger partial charge in [0.05, 0.1) is 11.4 Å². The third kappa shape index (κ3) is 2.80. The van der Waals surface area contributed by atoms with Crippen LogP contribution in [-0.2, 0) is 31.3 Å². The van der Waals surface area contributed by atoms with E-state index in [1.165, 1.54) is 0 Å². The van der Waals surface area contributed by atoms with Gasteiger partial charge in [-0.15, -0.1) is 34.1 Å². The Morgan fingerprint density at radius 3 is 1.52 bits per heavy atom. The molecule has 1 aliphatic rings. The fourth-order valence-electron chi connectivity index (χ4n) is 3.28. The second kappa shape index (κ2) is 6.25. The van der Waals surface area contributed by atoms with Crippen molar-refractivity contribution in [3.05, 3.63) is 57.8 Å². The van der Waals surface area contributed by atoms with Gasteiger partial charge in [-0.05, 0) is 0 Å². The molecular formula is C20H18N4PdS2. The van der Waals surface area contributed by atoms with Crippen molar-refractivity contribution in [3.8, 4) is 21.4 Å². The average molecular weight is 485 g/mol. The van der Waals surface area contributed by atoms with E-state index in [0.717, 1.165) is 44.2 Å². The zero-order valence-electron chi connectivity index (χ0n) is 15.4. The topological polar surface area (TPSA) is 54.0 Å². The van der Waals surface area contributed by atoms with Crippen molar-refractivity contribution in [1.82, 2.24) is 19.9 Å². The van der Waals surface area contributed by atoms with Crippen molar-refractivity contribution >= 4 is 22.7 Å². The quantitative estimate of drug-likeness (QED) is 0.336. The molecule has 0 amide bonds. The summed E-state index contributed by atoms with van der Waals surface area (Å²) in [7, 11) is 0. The van der Waals surface area contributed by atoms with E-state index in [-0.39, 0.29) is 31.3 Å². The van der Waals surface area contributed by atoms with E-state index < -0.39 is 0 Å². The minimum atomic E-state index is -0.258. The van der Waals surface area contributed by atoms with E-state index in [4.69, 9.17) is 19.9 Å². The predicted molar refractivity (Wildman–Crippen MR) is 106 cm³/mol. The zero-order valence-corrected chi connectivity index (χ0v) is 18.6. The molecule has 0 fully saturated rings. The van der Waals surface area contributed by atoms with Gasteiger partial charge in [0.15, 0.2) is 0 Å². The van der Waals surface area contributed by atoms with E-state index in [0.29, 0.717) is 0 Å². The molecule has 4 nitrogen and oxygen atoms in total.